The molecule has 0 radical (unpaired) electrons. The second kappa shape index (κ2) is 14.5. The molecule has 0 fully saturated rings. The van der Waals surface area contributed by atoms with Crippen LogP contribution in [0.15, 0.2) is 12.1 Å². The molecule has 0 aliphatic rings. The van der Waals surface area contributed by atoms with Crippen LogP contribution >= 0.6 is 0 Å². The molecular formula is C15H20O6Pb. The van der Waals surface area contributed by atoms with Gasteiger partial charge in [-0.15, -0.1) is 0 Å². The summed E-state index contributed by atoms with van der Waals surface area (Å²) >= 11 is 1.18. The molecule has 1 aromatic rings. The fraction of sp³-hybridized carbons (Fsp3) is 0.400. The summed E-state index contributed by atoms with van der Waals surface area (Å²) in [4.78, 5) is 26.7. The monoisotopic (exact) mass is 504 g/mol. The number of carboxylic acids is 3. The molecule has 0 atom stereocenters. The second-order valence-corrected chi connectivity index (χ2v) is 6.19. The zero-order valence-corrected chi connectivity index (χ0v) is 17.5. The van der Waals surface area contributed by atoms with Crippen LogP contribution in [0, 0.1) is 20.8 Å². The molecular weight excluding hydrogens is 483 g/mol. The maximum absolute atomic E-state index is 8.89. The Hall–Kier alpha value is -1.45. The van der Waals surface area contributed by atoms with Gasteiger partial charge in [0, 0.05) is 17.9 Å². The number of aryl methyl sites for hydroxylation is 3. The standard InChI is InChI=1S/C9H11.3C2H4O2.Pb/c1-7-4-8(2)6-9(3)5-7;3*1-2(3)4;/h4-5H,1-3H3;3*1H3,(H,3,4);/q;;;;+3/p-3. The molecule has 0 saturated carbocycles. The summed E-state index contributed by atoms with van der Waals surface area (Å²) in [5, 5.41) is 26.7. The predicted molar refractivity (Wildman–Crippen MR) is 78.1 cm³/mol. The molecule has 7 heteroatoms. The fourth-order valence-electron chi connectivity index (χ4n) is 1.18. The maximum atomic E-state index is 8.89. The number of rotatable bonds is 0. The summed E-state index contributed by atoms with van der Waals surface area (Å²) in [5.74, 6) is -3.25. The van der Waals surface area contributed by atoms with Crippen LogP contribution in [-0.2, 0) is 14.4 Å². The second-order valence-electron chi connectivity index (χ2n) is 4.25. The summed E-state index contributed by atoms with van der Waals surface area (Å²) in [6, 6.07) is 4.52. The third kappa shape index (κ3) is 27.0. The molecule has 0 saturated heterocycles. The van der Waals surface area contributed by atoms with Gasteiger partial charge in [-0.3, -0.25) is 0 Å². The van der Waals surface area contributed by atoms with Crippen molar-refractivity contribution in [3.8, 4) is 0 Å². The van der Waals surface area contributed by atoms with Crippen LogP contribution in [0.4, 0.5) is 0 Å². The average Bonchev–Trinajstić information content (AvgIpc) is 2.23. The van der Waals surface area contributed by atoms with Crippen LogP contribution in [-0.4, -0.2) is 43.7 Å². The molecule has 1 aromatic carbocycles. The molecule has 0 aliphatic carbocycles. The van der Waals surface area contributed by atoms with Crippen molar-refractivity contribution in [2.45, 2.75) is 41.5 Å². The first kappa shape index (κ1) is 25.5. The quantitative estimate of drug-likeness (QED) is 0.367. The third-order valence-corrected chi connectivity index (χ3v) is 4.74. The number of benzene rings is 1. The van der Waals surface area contributed by atoms with Crippen LogP contribution < -0.4 is 18.4 Å². The fourth-order valence-corrected chi connectivity index (χ4v) is 1.74. The Balaban J connectivity index is -0.000000253. The molecule has 22 heavy (non-hydrogen) atoms. The van der Waals surface area contributed by atoms with Crippen LogP contribution in [0.3, 0.4) is 0 Å². The normalized spacial score (nSPS) is 8.00. The zero-order chi connectivity index (χ0) is 18.5. The van der Waals surface area contributed by atoms with Gasteiger partial charge in [-0.1, -0.05) is 0 Å². The van der Waals surface area contributed by atoms with Crippen molar-refractivity contribution < 1.29 is 29.7 Å². The van der Waals surface area contributed by atoms with Crippen molar-refractivity contribution in [3.05, 3.63) is 28.8 Å². The minimum atomic E-state index is -1.08. The molecule has 1 rings (SSSR count). The molecule has 120 valence electrons. The predicted octanol–water partition coefficient (Wildman–Crippen LogP) is -2.33. The molecule has 6 nitrogen and oxygen atoms in total. The Morgan fingerprint density at radius 2 is 0.955 bits per heavy atom. The Labute approximate surface area is 146 Å². The van der Waals surface area contributed by atoms with Gasteiger partial charge in [0.05, 0.1) is 0 Å². The van der Waals surface area contributed by atoms with E-state index < -0.39 is 17.9 Å². The molecule has 0 aliphatic heterocycles. The summed E-state index contributed by atoms with van der Waals surface area (Å²) in [7, 11) is 0. The topological polar surface area (TPSA) is 120 Å². The Morgan fingerprint density at radius 1 is 0.773 bits per heavy atom. The number of carboxylic acid groups (broad SMARTS) is 3. The van der Waals surface area contributed by atoms with Crippen molar-refractivity contribution in [1.29, 1.82) is 0 Å². The third-order valence-electron chi connectivity index (χ3n) is 1.68. The van der Waals surface area contributed by atoms with Gasteiger partial charge in [0.1, 0.15) is 0 Å². The zero-order valence-electron chi connectivity index (χ0n) is 13.6. The average molecular weight is 504 g/mol. The molecule has 0 bridgehead atoms. The minimum absolute atomic E-state index is 0.972. The van der Waals surface area contributed by atoms with Crippen molar-refractivity contribution in [3.63, 3.8) is 0 Å². The first-order valence-electron chi connectivity index (χ1n) is 6.13. The van der Waals surface area contributed by atoms with Gasteiger partial charge < -0.3 is 29.7 Å². The van der Waals surface area contributed by atoms with Crippen molar-refractivity contribution in [2.75, 3.05) is 0 Å². The molecule has 0 unspecified atom stereocenters. The van der Waals surface area contributed by atoms with Crippen LogP contribution in [0.5, 0.6) is 0 Å². The molecule has 0 heterocycles. The van der Waals surface area contributed by atoms with Crippen molar-refractivity contribution >= 4 is 46.8 Å². The Bertz CT molecular complexity index is 433. The van der Waals surface area contributed by atoms with E-state index in [1.54, 1.807) is 3.12 Å². The first-order chi connectivity index (χ1) is 9.81. The van der Waals surface area contributed by atoms with Gasteiger partial charge in [-0.2, -0.15) is 0 Å². The molecule has 0 spiro atoms. The van der Waals surface area contributed by atoms with E-state index in [2.05, 4.69) is 32.9 Å². The molecule has 0 N–H and O–H groups in total. The van der Waals surface area contributed by atoms with E-state index >= 15 is 0 Å². The van der Waals surface area contributed by atoms with Gasteiger partial charge in [-0.25, -0.2) is 0 Å². The van der Waals surface area contributed by atoms with E-state index in [0.29, 0.717) is 0 Å². The van der Waals surface area contributed by atoms with Gasteiger partial charge in [0.2, 0.25) is 0 Å². The van der Waals surface area contributed by atoms with Crippen LogP contribution in [0.2, 0.25) is 0 Å². The van der Waals surface area contributed by atoms with Gasteiger partial charge in [0.25, 0.3) is 0 Å². The van der Waals surface area contributed by atoms with E-state index in [4.69, 9.17) is 29.7 Å². The number of hydrogen-bond donors (Lipinski definition) is 0. The van der Waals surface area contributed by atoms with Gasteiger partial charge in [-0.05, 0) is 20.8 Å². The van der Waals surface area contributed by atoms with E-state index in [1.807, 2.05) is 0 Å². The van der Waals surface area contributed by atoms with E-state index in [9.17, 15) is 0 Å². The van der Waals surface area contributed by atoms with Crippen LogP contribution in [0.1, 0.15) is 37.5 Å². The molecule has 0 amide bonds. The number of aliphatic carboxylic acids is 3. The van der Waals surface area contributed by atoms with Crippen LogP contribution in [0.25, 0.3) is 0 Å². The Kier molecular flexibility index (Phi) is 16.8. The van der Waals surface area contributed by atoms with E-state index in [-0.39, 0.29) is 0 Å². The van der Waals surface area contributed by atoms with Crippen molar-refractivity contribution in [2.24, 2.45) is 0 Å². The SMILES string of the molecule is CC(=O)[O-].CC(=O)[O-].CC(=O)[O-].Cc1cc(C)[c]([Pb+3])c(C)c1. The number of carbonyl (C=O) groups excluding carboxylic acids is 3. The van der Waals surface area contributed by atoms with Crippen molar-refractivity contribution in [1.82, 2.24) is 0 Å². The summed E-state index contributed by atoms with van der Waals surface area (Å²) in [6.45, 7) is 9.46. The van der Waals surface area contributed by atoms with E-state index in [0.717, 1.165) is 20.8 Å². The first-order valence-corrected chi connectivity index (χ1v) is 8.07. The van der Waals surface area contributed by atoms with E-state index in [1.165, 1.54) is 42.5 Å². The van der Waals surface area contributed by atoms with Gasteiger partial charge in [0.15, 0.2) is 0 Å². The number of hydrogen-bond acceptors (Lipinski definition) is 6. The summed E-state index contributed by atoms with van der Waals surface area (Å²) in [5.41, 5.74) is 4.31. The van der Waals surface area contributed by atoms with Gasteiger partial charge >= 0.3 is 78.5 Å². The molecule has 0 aromatic heterocycles. The number of carbonyl (C=O) groups is 3. The summed E-state index contributed by atoms with van der Waals surface area (Å²) in [6.07, 6.45) is 0. The Morgan fingerprint density at radius 3 is 1.14 bits per heavy atom. The summed E-state index contributed by atoms with van der Waals surface area (Å²) < 4.78 is 1.56.